The SMILES string of the molecule is COc1cccc2cc(C(=O)C3=C(O)C(=O)N(c4nnc(SCc5ccc(F)cc5)s4)C3c3ccc(O)cc3)oc12. The number of nitrogens with zero attached hydrogens (tertiary/aromatic N) is 3. The Hall–Kier alpha value is -4.68. The minimum Gasteiger partial charge on any atom is -0.508 e. The molecule has 1 atom stereocenters. The molecule has 0 bridgehead atoms. The number of hydrogen-bond donors (Lipinski definition) is 2. The summed E-state index contributed by atoms with van der Waals surface area (Å²) in [7, 11) is 1.48. The second kappa shape index (κ2) is 10.7. The van der Waals surface area contributed by atoms with Crippen molar-refractivity contribution >= 4 is 50.9 Å². The summed E-state index contributed by atoms with van der Waals surface area (Å²) in [6.07, 6.45) is 0. The number of aromatic nitrogens is 2. The van der Waals surface area contributed by atoms with Gasteiger partial charge in [-0.15, -0.1) is 10.2 Å². The van der Waals surface area contributed by atoms with E-state index in [1.807, 2.05) is 0 Å². The van der Waals surface area contributed by atoms with Crippen LogP contribution >= 0.6 is 23.1 Å². The van der Waals surface area contributed by atoms with Gasteiger partial charge in [-0.2, -0.15) is 0 Å². The molecule has 206 valence electrons. The van der Waals surface area contributed by atoms with Crippen LogP contribution in [0.4, 0.5) is 9.52 Å². The number of thioether (sulfide) groups is 1. The molecule has 9 nitrogen and oxygen atoms in total. The molecule has 2 N–H and O–H groups in total. The summed E-state index contributed by atoms with van der Waals surface area (Å²) in [5.74, 6) is -1.76. The van der Waals surface area contributed by atoms with Crippen LogP contribution in [0, 0.1) is 5.82 Å². The van der Waals surface area contributed by atoms with Crippen LogP contribution in [-0.2, 0) is 10.5 Å². The topological polar surface area (TPSA) is 126 Å². The number of Topliss-reactive ketones (excluding diaryl/α,β-unsaturated/α-hetero) is 1. The maximum absolute atomic E-state index is 13.8. The quantitative estimate of drug-likeness (QED) is 0.123. The smallest absolute Gasteiger partial charge is 0.296 e. The largest absolute Gasteiger partial charge is 0.508 e. The van der Waals surface area contributed by atoms with E-state index in [9.17, 15) is 24.2 Å². The monoisotopic (exact) mass is 589 g/mol. The normalized spacial score (nSPS) is 15.2. The van der Waals surface area contributed by atoms with Crippen molar-refractivity contribution in [2.75, 3.05) is 12.0 Å². The van der Waals surface area contributed by atoms with Crippen LogP contribution in [0.3, 0.4) is 0 Å². The molecule has 0 fully saturated rings. The van der Waals surface area contributed by atoms with Crippen LogP contribution in [0.2, 0.25) is 0 Å². The molecule has 0 saturated carbocycles. The fraction of sp³-hybridized carbons (Fsp3) is 0.103. The number of rotatable bonds is 8. The first-order valence-corrected chi connectivity index (χ1v) is 14.0. The second-order valence-corrected chi connectivity index (χ2v) is 11.2. The highest BCUT2D eigenvalue weighted by Gasteiger charge is 2.46. The number of fused-ring (bicyclic) bond motifs is 1. The van der Waals surface area contributed by atoms with Gasteiger partial charge >= 0.3 is 0 Å². The summed E-state index contributed by atoms with van der Waals surface area (Å²) >= 11 is 2.46. The predicted octanol–water partition coefficient (Wildman–Crippen LogP) is 6.21. The molecule has 1 aliphatic heterocycles. The van der Waals surface area contributed by atoms with Gasteiger partial charge in [-0.25, -0.2) is 4.39 Å². The average Bonchev–Trinajstić information content (AvgIpc) is 3.69. The molecule has 12 heteroatoms. The summed E-state index contributed by atoms with van der Waals surface area (Å²) in [5, 5.41) is 30.0. The zero-order chi connectivity index (χ0) is 28.7. The molecule has 0 radical (unpaired) electrons. The predicted molar refractivity (Wildman–Crippen MR) is 151 cm³/mol. The Balaban J connectivity index is 1.36. The molecule has 0 spiro atoms. The van der Waals surface area contributed by atoms with Gasteiger partial charge in [0.1, 0.15) is 11.6 Å². The number of anilines is 1. The zero-order valence-electron chi connectivity index (χ0n) is 21.3. The molecular formula is C29H20FN3O6S2. The highest BCUT2D eigenvalue weighted by molar-refractivity contribution is 8.00. The van der Waals surface area contributed by atoms with Gasteiger partial charge in [-0.05, 0) is 47.5 Å². The first kappa shape index (κ1) is 26.5. The molecule has 5 aromatic rings. The van der Waals surface area contributed by atoms with Gasteiger partial charge in [-0.3, -0.25) is 14.5 Å². The van der Waals surface area contributed by atoms with Gasteiger partial charge in [0.25, 0.3) is 5.91 Å². The van der Waals surface area contributed by atoms with Crippen molar-refractivity contribution in [1.29, 1.82) is 0 Å². The fourth-order valence-corrected chi connectivity index (χ4v) is 6.36. The molecule has 41 heavy (non-hydrogen) atoms. The van der Waals surface area contributed by atoms with Gasteiger partial charge in [0.2, 0.25) is 10.9 Å². The number of halogens is 1. The molecule has 1 amide bonds. The van der Waals surface area contributed by atoms with Crippen LogP contribution in [0.15, 0.2) is 92.9 Å². The lowest BCUT2D eigenvalue weighted by Gasteiger charge is -2.23. The second-order valence-electron chi connectivity index (χ2n) is 9.02. The van der Waals surface area contributed by atoms with E-state index in [1.165, 1.54) is 54.1 Å². The van der Waals surface area contributed by atoms with Crippen molar-refractivity contribution in [3.05, 3.63) is 107 Å². The maximum Gasteiger partial charge on any atom is 0.296 e. The highest BCUT2D eigenvalue weighted by atomic mass is 32.2. The Bertz CT molecular complexity index is 1810. The van der Waals surface area contributed by atoms with E-state index < -0.39 is 23.5 Å². The third kappa shape index (κ3) is 4.92. The molecule has 2 aromatic heterocycles. The Kier molecular flexibility index (Phi) is 6.93. The van der Waals surface area contributed by atoms with E-state index in [1.54, 1.807) is 42.5 Å². The number of aliphatic hydroxyl groups is 1. The minimum atomic E-state index is -1.08. The number of aliphatic hydroxyl groups excluding tert-OH is 1. The number of carbonyl (C=O) groups excluding carboxylic acids is 2. The van der Waals surface area contributed by atoms with Gasteiger partial charge in [0, 0.05) is 11.1 Å². The Labute approximate surface area is 240 Å². The maximum atomic E-state index is 13.8. The number of phenolic OH excluding ortho intramolecular Hbond substituents is 1. The standard InChI is InChI=1S/C29H20FN3O6S2/c1-38-20-4-2-3-17-13-21(39-26(17)20)24(35)22-23(16-7-11-19(34)12-8-16)33(27(37)25(22)36)28-31-32-29(41-28)40-14-15-5-9-18(30)10-6-15/h2-13,23,34,36H,14H2,1H3. The van der Waals surface area contributed by atoms with Crippen LogP contribution in [0.25, 0.3) is 11.0 Å². The lowest BCUT2D eigenvalue weighted by atomic mass is 9.95. The fourth-order valence-electron chi connectivity index (χ4n) is 4.53. The number of carbonyl (C=O) groups is 2. The minimum absolute atomic E-state index is 0.00882. The Morgan fingerprint density at radius 2 is 1.85 bits per heavy atom. The molecule has 6 rings (SSSR count). The summed E-state index contributed by atoms with van der Waals surface area (Å²) < 4.78 is 24.9. The van der Waals surface area contributed by atoms with E-state index in [-0.39, 0.29) is 28.0 Å². The number of para-hydroxylation sites is 1. The van der Waals surface area contributed by atoms with Crippen molar-refractivity contribution in [3.8, 4) is 11.5 Å². The van der Waals surface area contributed by atoms with Crippen LogP contribution < -0.4 is 9.64 Å². The number of furan rings is 1. The van der Waals surface area contributed by atoms with Crippen LogP contribution in [0.1, 0.15) is 27.7 Å². The number of ketones is 1. The van der Waals surface area contributed by atoms with Crippen LogP contribution in [0.5, 0.6) is 11.5 Å². The summed E-state index contributed by atoms with van der Waals surface area (Å²) in [4.78, 5) is 28.5. The van der Waals surface area contributed by atoms with Gasteiger partial charge in [-0.1, -0.05) is 59.5 Å². The van der Waals surface area contributed by atoms with Gasteiger partial charge < -0.3 is 19.4 Å². The van der Waals surface area contributed by atoms with Crippen molar-refractivity contribution < 1.29 is 33.3 Å². The average molecular weight is 590 g/mol. The van der Waals surface area contributed by atoms with E-state index in [0.29, 0.717) is 32.4 Å². The summed E-state index contributed by atoms with van der Waals surface area (Å²) in [6, 6.07) is 17.7. The van der Waals surface area contributed by atoms with Gasteiger partial charge in [0.15, 0.2) is 27.2 Å². The highest BCUT2D eigenvalue weighted by Crippen LogP contribution is 2.44. The van der Waals surface area contributed by atoms with Gasteiger partial charge in [0.05, 0.1) is 18.7 Å². The number of benzene rings is 3. The van der Waals surface area contributed by atoms with Crippen LogP contribution in [-0.4, -0.2) is 39.2 Å². The zero-order valence-corrected chi connectivity index (χ0v) is 22.9. The van der Waals surface area contributed by atoms with Crippen molar-refractivity contribution in [2.45, 2.75) is 16.1 Å². The number of hydrogen-bond acceptors (Lipinski definition) is 10. The van der Waals surface area contributed by atoms with E-state index >= 15 is 0 Å². The molecular weight excluding hydrogens is 569 g/mol. The van der Waals surface area contributed by atoms with Crippen molar-refractivity contribution in [1.82, 2.24) is 10.2 Å². The van der Waals surface area contributed by atoms with E-state index in [2.05, 4.69) is 10.2 Å². The first-order chi connectivity index (χ1) is 19.8. The van der Waals surface area contributed by atoms with E-state index in [0.717, 1.165) is 16.9 Å². The molecule has 0 saturated heterocycles. The number of methoxy groups -OCH3 is 1. The molecule has 3 heterocycles. The molecule has 3 aromatic carbocycles. The van der Waals surface area contributed by atoms with Crippen molar-refractivity contribution in [2.24, 2.45) is 0 Å². The number of phenols is 1. The van der Waals surface area contributed by atoms with Crippen molar-refractivity contribution in [3.63, 3.8) is 0 Å². The summed E-state index contributed by atoms with van der Waals surface area (Å²) in [5.41, 5.74) is 1.48. The molecule has 1 unspecified atom stereocenters. The lowest BCUT2D eigenvalue weighted by Crippen LogP contribution is -2.31. The lowest BCUT2D eigenvalue weighted by molar-refractivity contribution is -0.117. The number of ether oxygens (including phenoxy) is 1. The first-order valence-electron chi connectivity index (χ1n) is 12.2. The summed E-state index contributed by atoms with van der Waals surface area (Å²) in [6.45, 7) is 0. The Morgan fingerprint density at radius 1 is 1.10 bits per heavy atom. The number of amides is 1. The third-order valence-electron chi connectivity index (χ3n) is 6.49. The Morgan fingerprint density at radius 3 is 2.59 bits per heavy atom. The third-order valence-corrected chi connectivity index (χ3v) is 8.62. The molecule has 1 aliphatic rings. The van der Waals surface area contributed by atoms with E-state index in [4.69, 9.17) is 9.15 Å². The number of aromatic hydroxyl groups is 1. The molecule has 0 aliphatic carbocycles.